The van der Waals surface area contributed by atoms with E-state index in [1.54, 1.807) is 30.3 Å². The van der Waals surface area contributed by atoms with Gasteiger partial charge in [0.05, 0.1) is 15.1 Å². The molecule has 1 aromatic heterocycles. The zero-order valence-corrected chi connectivity index (χ0v) is 13.2. The lowest BCUT2D eigenvalue weighted by Gasteiger charge is -2.10. The maximum absolute atomic E-state index is 12.3. The van der Waals surface area contributed by atoms with Crippen LogP contribution in [0.1, 0.15) is 6.92 Å². The van der Waals surface area contributed by atoms with Gasteiger partial charge in [-0.05, 0) is 53.2 Å². The number of rotatable bonds is 5. The fourth-order valence-corrected chi connectivity index (χ4v) is 3.18. The molecule has 1 aromatic carbocycles. The molecule has 2 aromatic rings. The van der Waals surface area contributed by atoms with E-state index in [2.05, 4.69) is 31.0 Å². The van der Waals surface area contributed by atoms with Gasteiger partial charge >= 0.3 is 0 Å². The van der Waals surface area contributed by atoms with Crippen LogP contribution in [-0.2, 0) is 10.0 Å². The molecule has 0 spiro atoms. The van der Waals surface area contributed by atoms with E-state index >= 15 is 0 Å². The molecule has 106 valence electrons. The standard InChI is InChI=1S/C13H14BrN3O2S/c1-2-16-10-3-5-11(6-4-10)20(18,19)17-13-7-8-15-9-12(13)14/h3-9,16H,2H2,1H3,(H,15,17). The number of hydrogen-bond donors (Lipinski definition) is 2. The van der Waals surface area contributed by atoms with Crippen LogP contribution >= 0.6 is 15.9 Å². The number of nitrogens with zero attached hydrogens (tertiary/aromatic N) is 1. The lowest BCUT2D eigenvalue weighted by molar-refractivity contribution is 0.601. The SMILES string of the molecule is CCNc1ccc(S(=O)(=O)Nc2ccncc2Br)cc1. The Labute approximate surface area is 126 Å². The smallest absolute Gasteiger partial charge is 0.261 e. The van der Waals surface area contributed by atoms with E-state index in [1.807, 2.05) is 6.92 Å². The molecular formula is C13H14BrN3O2S. The lowest BCUT2D eigenvalue weighted by Crippen LogP contribution is -2.13. The molecule has 2 rings (SSSR count). The molecule has 0 aliphatic rings. The van der Waals surface area contributed by atoms with Gasteiger partial charge in [-0.15, -0.1) is 0 Å². The molecule has 20 heavy (non-hydrogen) atoms. The predicted molar refractivity (Wildman–Crippen MR) is 83.4 cm³/mol. The number of anilines is 2. The Balaban J connectivity index is 2.24. The van der Waals surface area contributed by atoms with Crippen LogP contribution in [0.5, 0.6) is 0 Å². The van der Waals surface area contributed by atoms with Crippen LogP contribution in [0.2, 0.25) is 0 Å². The van der Waals surface area contributed by atoms with E-state index in [0.717, 1.165) is 12.2 Å². The van der Waals surface area contributed by atoms with Gasteiger partial charge in [-0.1, -0.05) is 0 Å². The van der Waals surface area contributed by atoms with Gasteiger partial charge in [0.15, 0.2) is 0 Å². The van der Waals surface area contributed by atoms with E-state index < -0.39 is 10.0 Å². The van der Waals surface area contributed by atoms with Crippen molar-refractivity contribution in [3.05, 3.63) is 47.2 Å². The summed E-state index contributed by atoms with van der Waals surface area (Å²) in [5.74, 6) is 0. The predicted octanol–water partition coefficient (Wildman–Crippen LogP) is 3.08. The van der Waals surface area contributed by atoms with Crippen molar-refractivity contribution >= 4 is 37.3 Å². The Morgan fingerprint density at radius 2 is 1.90 bits per heavy atom. The second-order valence-electron chi connectivity index (χ2n) is 4.02. The summed E-state index contributed by atoms with van der Waals surface area (Å²) in [6, 6.07) is 8.19. The van der Waals surface area contributed by atoms with E-state index in [0.29, 0.717) is 10.2 Å². The van der Waals surface area contributed by atoms with Crippen molar-refractivity contribution in [1.82, 2.24) is 4.98 Å². The summed E-state index contributed by atoms with van der Waals surface area (Å²) >= 11 is 3.25. The third-order valence-electron chi connectivity index (χ3n) is 2.56. The van der Waals surface area contributed by atoms with Crippen LogP contribution in [0.25, 0.3) is 0 Å². The Morgan fingerprint density at radius 1 is 1.20 bits per heavy atom. The zero-order chi connectivity index (χ0) is 14.6. The fourth-order valence-electron chi connectivity index (χ4n) is 1.62. The Morgan fingerprint density at radius 3 is 2.50 bits per heavy atom. The minimum atomic E-state index is -3.60. The molecule has 0 bridgehead atoms. The molecule has 0 aliphatic carbocycles. The molecule has 7 heteroatoms. The van der Waals surface area contributed by atoms with E-state index in [9.17, 15) is 8.42 Å². The van der Waals surface area contributed by atoms with Crippen molar-refractivity contribution in [2.45, 2.75) is 11.8 Å². The molecule has 2 N–H and O–H groups in total. The van der Waals surface area contributed by atoms with Gasteiger partial charge in [-0.2, -0.15) is 0 Å². The minimum Gasteiger partial charge on any atom is -0.385 e. The highest BCUT2D eigenvalue weighted by molar-refractivity contribution is 9.10. The molecule has 1 heterocycles. The van der Waals surface area contributed by atoms with Crippen molar-refractivity contribution in [3.63, 3.8) is 0 Å². The average Bonchev–Trinajstić information content (AvgIpc) is 2.42. The van der Waals surface area contributed by atoms with Crippen molar-refractivity contribution in [2.75, 3.05) is 16.6 Å². The highest BCUT2D eigenvalue weighted by atomic mass is 79.9. The molecule has 0 amide bonds. The summed E-state index contributed by atoms with van der Waals surface area (Å²) in [7, 11) is -3.60. The fraction of sp³-hybridized carbons (Fsp3) is 0.154. The largest absolute Gasteiger partial charge is 0.385 e. The molecule has 0 aliphatic heterocycles. The monoisotopic (exact) mass is 355 g/mol. The summed E-state index contributed by atoms with van der Waals surface area (Å²) in [5, 5.41) is 3.11. The Hall–Kier alpha value is -1.60. The molecule has 0 atom stereocenters. The zero-order valence-electron chi connectivity index (χ0n) is 10.8. The highest BCUT2D eigenvalue weighted by Gasteiger charge is 2.15. The van der Waals surface area contributed by atoms with Crippen LogP contribution < -0.4 is 10.0 Å². The highest BCUT2D eigenvalue weighted by Crippen LogP contribution is 2.24. The maximum Gasteiger partial charge on any atom is 0.261 e. The number of nitrogens with one attached hydrogen (secondary N) is 2. The molecule has 0 fully saturated rings. The first kappa shape index (κ1) is 14.8. The molecule has 0 radical (unpaired) electrons. The molecular weight excluding hydrogens is 342 g/mol. The maximum atomic E-state index is 12.3. The van der Waals surface area contributed by atoms with Crippen LogP contribution in [0.3, 0.4) is 0 Å². The van der Waals surface area contributed by atoms with E-state index in [1.165, 1.54) is 12.4 Å². The van der Waals surface area contributed by atoms with Crippen LogP contribution in [0.15, 0.2) is 52.1 Å². The first-order valence-corrected chi connectivity index (χ1v) is 8.27. The van der Waals surface area contributed by atoms with Gasteiger partial charge in [0.25, 0.3) is 10.0 Å². The van der Waals surface area contributed by atoms with Gasteiger partial charge in [0, 0.05) is 24.6 Å². The number of benzene rings is 1. The number of hydrogen-bond acceptors (Lipinski definition) is 4. The van der Waals surface area contributed by atoms with E-state index in [-0.39, 0.29) is 4.90 Å². The summed E-state index contributed by atoms with van der Waals surface area (Å²) < 4.78 is 27.6. The summed E-state index contributed by atoms with van der Waals surface area (Å²) in [4.78, 5) is 4.10. The Kier molecular flexibility index (Phi) is 4.61. The lowest BCUT2D eigenvalue weighted by atomic mass is 10.3. The summed E-state index contributed by atoms with van der Waals surface area (Å²) in [5.41, 5.74) is 1.34. The van der Waals surface area contributed by atoms with Crippen LogP contribution in [0, 0.1) is 0 Å². The average molecular weight is 356 g/mol. The van der Waals surface area contributed by atoms with E-state index in [4.69, 9.17) is 0 Å². The number of aromatic nitrogens is 1. The molecule has 0 unspecified atom stereocenters. The molecule has 5 nitrogen and oxygen atoms in total. The van der Waals surface area contributed by atoms with Crippen molar-refractivity contribution in [1.29, 1.82) is 0 Å². The first-order valence-electron chi connectivity index (χ1n) is 5.99. The van der Waals surface area contributed by atoms with Gasteiger partial charge in [0.2, 0.25) is 0 Å². The van der Waals surface area contributed by atoms with Gasteiger partial charge in [-0.25, -0.2) is 8.42 Å². The summed E-state index contributed by atoms with van der Waals surface area (Å²) in [6.45, 7) is 2.77. The van der Waals surface area contributed by atoms with Gasteiger partial charge < -0.3 is 5.32 Å². The third-order valence-corrected chi connectivity index (χ3v) is 4.58. The molecule has 0 saturated carbocycles. The summed E-state index contributed by atoms with van der Waals surface area (Å²) in [6.07, 6.45) is 3.06. The second-order valence-corrected chi connectivity index (χ2v) is 6.55. The topological polar surface area (TPSA) is 71.1 Å². The normalized spacial score (nSPS) is 11.1. The van der Waals surface area contributed by atoms with Gasteiger partial charge in [0.1, 0.15) is 0 Å². The quantitative estimate of drug-likeness (QED) is 0.864. The number of sulfonamides is 1. The van der Waals surface area contributed by atoms with Crippen molar-refractivity contribution < 1.29 is 8.42 Å². The van der Waals surface area contributed by atoms with Crippen LogP contribution in [0.4, 0.5) is 11.4 Å². The van der Waals surface area contributed by atoms with Gasteiger partial charge in [-0.3, -0.25) is 9.71 Å². The first-order chi connectivity index (χ1) is 9.53. The van der Waals surface area contributed by atoms with Crippen molar-refractivity contribution in [2.24, 2.45) is 0 Å². The second kappa shape index (κ2) is 6.23. The van der Waals surface area contributed by atoms with Crippen molar-refractivity contribution in [3.8, 4) is 0 Å². The third kappa shape index (κ3) is 3.49. The molecule has 0 saturated heterocycles. The number of halogens is 1. The minimum absolute atomic E-state index is 0.211. The van der Waals surface area contributed by atoms with Crippen LogP contribution in [-0.4, -0.2) is 19.9 Å². The Bertz CT molecular complexity index is 687. The number of pyridine rings is 1.